The molecule has 2 amide bonds. The van der Waals surface area contributed by atoms with E-state index in [-0.39, 0.29) is 16.8 Å². The Bertz CT molecular complexity index is 366. The highest BCUT2D eigenvalue weighted by Gasteiger charge is 2.41. The SMILES string of the molecule is CCC(CC)(C(=O)NC1CCN(C)C1=O)C(N)=S. The van der Waals surface area contributed by atoms with Crippen LogP contribution >= 0.6 is 12.2 Å². The van der Waals surface area contributed by atoms with Gasteiger partial charge in [0.2, 0.25) is 11.8 Å². The number of hydrogen-bond acceptors (Lipinski definition) is 3. The highest BCUT2D eigenvalue weighted by atomic mass is 32.1. The van der Waals surface area contributed by atoms with Crippen LogP contribution in [0.25, 0.3) is 0 Å². The molecule has 0 aromatic rings. The largest absolute Gasteiger partial charge is 0.392 e. The maximum atomic E-state index is 12.3. The summed E-state index contributed by atoms with van der Waals surface area (Å²) in [6.45, 7) is 4.43. The first kappa shape index (κ1) is 14.9. The van der Waals surface area contributed by atoms with E-state index in [1.807, 2.05) is 13.8 Å². The lowest BCUT2D eigenvalue weighted by Crippen LogP contribution is -2.52. The molecule has 6 heteroatoms. The minimum absolute atomic E-state index is 0.0487. The van der Waals surface area contributed by atoms with Gasteiger partial charge in [-0.3, -0.25) is 9.59 Å². The number of rotatable bonds is 5. The molecule has 0 saturated carbocycles. The molecule has 1 atom stereocenters. The van der Waals surface area contributed by atoms with E-state index < -0.39 is 11.5 Å². The predicted molar refractivity (Wildman–Crippen MR) is 74.0 cm³/mol. The number of nitrogens with zero attached hydrogens (tertiary/aromatic N) is 1. The van der Waals surface area contributed by atoms with Gasteiger partial charge in [-0.15, -0.1) is 0 Å². The third-order valence-electron chi connectivity index (χ3n) is 3.85. The number of amides is 2. The standard InChI is InChI=1S/C12H21N3O2S/c1-4-12(5-2,10(13)18)11(17)14-8-6-7-15(3)9(8)16/h8H,4-7H2,1-3H3,(H2,13,18)(H,14,17). The molecule has 1 rings (SSSR count). The molecule has 0 aromatic heterocycles. The van der Waals surface area contributed by atoms with Gasteiger partial charge >= 0.3 is 0 Å². The van der Waals surface area contributed by atoms with Crippen LogP contribution in [0.4, 0.5) is 0 Å². The molecule has 1 heterocycles. The quantitative estimate of drug-likeness (QED) is 0.711. The highest BCUT2D eigenvalue weighted by molar-refractivity contribution is 7.80. The van der Waals surface area contributed by atoms with Crippen molar-refractivity contribution in [2.45, 2.75) is 39.2 Å². The van der Waals surface area contributed by atoms with Gasteiger partial charge < -0.3 is 16.0 Å². The van der Waals surface area contributed by atoms with Crippen molar-refractivity contribution in [2.24, 2.45) is 11.1 Å². The Morgan fingerprint density at radius 1 is 1.56 bits per heavy atom. The smallest absolute Gasteiger partial charge is 0.244 e. The lowest BCUT2D eigenvalue weighted by atomic mass is 9.81. The van der Waals surface area contributed by atoms with Gasteiger partial charge in [-0.05, 0) is 19.3 Å². The van der Waals surface area contributed by atoms with Crippen molar-refractivity contribution < 1.29 is 9.59 Å². The first-order valence-corrected chi connectivity index (χ1v) is 6.65. The van der Waals surface area contributed by atoms with E-state index in [1.165, 1.54) is 0 Å². The molecule has 1 aliphatic rings. The Labute approximate surface area is 113 Å². The Balaban J connectivity index is 2.80. The number of likely N-dealkylation sites (tertiary alicyclic amines) is 1. The van der Waals surface area contributed by atoms with E-state index in [0.717, 1.165) is 0 Å². The van der Waals surface area contributed by atoms with Crippen LogP contribution in [0.3, 0.4) is 0 Å². The Morgan fingerprint density at radius 3 is 2.44 bits per heavy atom. The predicted octanol–water partition coefficient (Wildman–Crippen LogP) is 0.426. The zero-order valence-electron chi connectivity index (χ0n) is 11.2. The number of nitrogens with one attached hydrogen (secondary N) is 1. The zero-order valence-corrected chi connectivity index (χ0v) is 12.0. The number of nitrogens with two attached hydrogens (primary N) is 1. The number of hydrogen-bond donors (Lipinski definition) is 2. The van der Waals surface area contributed by atoms with Crippen molar-refractivity contribution in [1.82, 2.24) is 10.2 Å². The fourth-order valence-electron chi connectivity index (χ4n) is 2.28. The van der Waals surface area contributed by atoms with Crippen LogP contribution in [-0.2, 0) is 9.59 Å². The molecule has 102 valence electrons. The summed E-state index contributed by atoms with van der Waals surface area (Å²) in [6, 6.07) is -0.436. The average molecular weight is 271 g/mol. The summed E-state index contributed by atoms with van der Waals surface area (Å²) < 4.78 is 0. The van der Waals surface area contributed by atoms with Crippen LogP contribution in [0.15, 0.2) is 0 Å². The number of thiocarbonyl (C=S) groups is 1. The summed E-state index contributed by atoms with van der Waals surface area (Å²) in [5.74, 6) is -0.277. The lowest BCUT2D eigenvalue weighted by molar-refractivity contribution is -0.134. The Hall–Kier alpha value is -1.17. The monoisotopic (exact) mass is 271 g/mol. The second kappa shape index (κ2) is 5.65. The van der Waals surface area contributed by atoms with E-state index >= 15 is 0 Å². The summed E-state index contributed by atoms with van der Waals surface area (Å²) in [5.41, 5.74) is 4.87. The molecule has 0 aromatic carbocycles. The fourth-order valence-corrected chi connectivity index (χ4v) is 2.67. The number of carbonyl (C=O) groups excluding carboxylic acids is 2. The van der Waals surface area contributed by atoms with Gasteiger partial charge in [-0.1, -0.05) is 26.1 Å². The van der Waals surface area contributed by atoms with E-state index in [2.05, 4.69) is 5.32 Å². The van der Waals surface area contributed by atoms with Gasteiger partial charge in [0.25, 0.3) is 0 Å². The normalized spacial score (nSPS) is 20.1. The number of carbonyl (C=O) groups is 2. The third kappa shape index (κ3) is 2.48. The van der Waals surface area contributed by atoms with E-state index in [1.54, 1.807) is 11.9 Å². The molecular formula is C12H21N3O2S. The van der Waals surface area contributed by atoms with Crippen molar-refractivity contribution in [1.29, 1.82) is 0 Å². The van der Waals surface area contributed by atoms with Crippen LogP contribution < -0.4 is 11.1 Å². The van der Waals surface area contributed by atoms with Crippen molar-refractivity contribution in [3.63, 3.8) is 0 Å². The van der Waals surface area contributed by atoms with Crippen LogP contribution in [0.2, 0.25) is 0 Å². The molecule has 18 heavy (non-hydrogen) atoms. The van der Waals surface area contributed by atoms with Crippen molar-refractivity contribution in [3.8, 4) is 0 Å². The van der Waals surface area contributed by atoms with Crippen molar-refractivity contribution >= 4 is 29.0 Å². The van der Waals surface area contributed by atoms with Crippen LogP contribution in [-0.4, -0.2) is 41.3 Å². The Morgan fingerprint density at radius 2 is 2.11 bits per heavy atom. The van der Waals surface area contributed by atoms with Gasteiger partial charge in [0.1, 0.15) is 6.04 Å². The molecular weight excluding hydrogens is 250 g/mol. The van der Waals surface area contributed by atoms with Crippen molar-refractivity contribution in [3.05, 3.63) is 0 Å². The van der Waals surface area contributed by atoms with Gasteiger partial charge in [0, 0.05) is 13.6 Å². The minimum atomic E-state index is -0.837. The molecule has 1 aliphatic heterocycles. The van der Waals surface area contributed by atoms with Crippen LogP contribution in [0.5, 0.6) is 0 Å². The van der Waals surface area contributed by atoms with E-state index in [9.17, 15) is 9.59 Å². The molecule has 1 fully saturated rings. The topological polar surface area (TPSA) is 75.4 Å². The molecule has 0 spiro atoms. The molecule has 1 saturated heterocycles. The summed E-state index contributed by atoms with van der Waals surface area (Å²) in [5, 5.41) is 2.79. The first-order valence-electron chi connectivity index (χ1n) is 6.25. The van der Waals surface area contributed by atoms with Gasteiger partial charge in [-0.25, -0.2) is 0 Å². The molecule has 1 unspecified atom stereocenters. The molecule has 0 radical (unpaired) electrons. The second-order valence-corrected chi connectivity index (χ2v) is 5.17. The van der Waals surface area contributed by atoms with Crippen LogP contribution in [0, 0.1) is 5.41 Å². The lowest BCUT2D eigenvalue weighted by Gasteiger charge is -2.30. The zero-order chi connectivity index (χ0) is 13.9. The van der Waals surface area contributed by atoms with Gasteiger partial charge in [0.15, 0.2) is 0 Å². The first-order chi connectivity index (χ1) is 8.39. The summed E-state index contributed by atoms with van der Waals surface area (Å²) in [4.78, 5) is 25.9. The molecule has 5 nitrogen and oxygen atoms in total. The Kier molecular flexibility index (Phi) is 4.67. The average Bonchev–Trinajstić information content (AvgIpc) is 2.63. The maximum Gasteiger partial charge on any atom is 0.244 e. The summed E-state index contributed by atoms with van der Waals surface area (Å²) in [6.07, 6.45) is 1.73. The maximum absolute atomic E-state index is 12.3. The summed E-state index contributed by atoms with van der Waals surface area (Å²) in [7, 11) is 1.73. The molecule has 3 N–H and O–H groups in total. The van der Waals surface area contributed by atoms with Gasteiger partial charge in [0.05, 0.1) is 10.4 Å². The number of likely N-dealkylation sites (N-methyl/N-ethyl adjacent to an activating group) is 1. The van der Waals surface area contributed by atoms with Crippen molar-refractivity contribution in [2.75, 3.05) is 13.6 Å². The second-order valence-electron chi connectivity index (χ2n) is 4.73. The van der Waals surface area contributed by atoms with E-state index in [4.69, 9.17) is 18.0 Å². The molecule has 0 aliphatic carbocycles. The summed E-state index contributed by atoms with van der Waals surface area (Å²) >= 11 is 5.02. The third-order valence-corrected chi connectivity index (χ3v) is 4.24. The highest BCUT2D eigenvalue weighted by Crippen LogP contribution is 2.27. The van der Waals surface area contributed by atoms with E-state index in [0.29, 0.717) is 25.8 Å². The minimum Gasteiger partial charge on any atom is -0.392 e. The molecule has 0 bridgehead atoms. The van der Waals surface area contributed by atoms with Gasteiger partial charge in [-0.2, -0.15) is 0 Å². The fraction of sp³-hybridized carbons (Fsp3) is 0.750. The van der Waals surface area contributed by atoms with Crippen LogP contribution in [0.1, 0.15) is 33.1 Å².